The average molecular weight is 461 g/mol. The average Bonchev–Trinajstić information content (AvgIpc) is 2.77. The molecule has 2 aliphatic heterocycles. The summed E-state index contributed by atoms with van der Waals surface area (Å²) in [7, 11) is 0. The number of hydrogen-bond donors (Lipinski definition) is 1. The maximum absolute atomic E-state index is 14.0. The van der Waals surface area contributed by atoms with Gasteiger partial charge in [-0.3, -0.25) is 0 Å². The molecule has 32 heavy (non-hydrogen) atoms. The van der Waals surface area contributed by atoms with E-state index in [0.717, 1.165) is 17.7 Å². The minimum absolute atomic E-state index is 0.00176. The predicted octanol–water partition coefficient (Wildman–Crippen LogP) is 4.78. The Labute approximate surface area is 188 Å². The zero-order chi connectivity index (χ0) is 22.7. The Kier molecular flexibility index (Phi) is 6.42. The molecule has 10 heteroatoms. The molecule has 1 unspecified atom stereocenters. The smallest absolute Gasteiger partial charge is 0.321 e. The summed E-state index contributed by atoms with van der Waals surface area (Å²) >= 11 is 5.67. The first kappa shape index (κ1) is 21.8. The van der Waals surface area contributed by atoms with Gasteiger partial charge in [-0.2, -0.15) is 5.26 Å². The Balaban J connectivity index is 1.39. The van der Waals surface area contributed by atoms with Gasteiger partial charge in [-0.15, -0.1) is 0 Å². The number of benzene rings is 1. The number of carbonyl (C=O) groups excluding carboxylic acids is 1. The third-order valence-corrected chi connectivity index (χ3v) is 5.43. The number of amides is 2. The summed E-state index contributed by atoms with van der Waals surface area (Å²) < 4.78 is 39.4. The number of nitriles is 1. The molecule has 2 amide bonds. The number of pyridine rings is 1. The number of anilines is 1. The molecule has 1 aromatic carbocycles. The van der Waals surface area contributed by atoms with Gasteiger partial charge < -0.3 is 19.7 Å². The number of urea groups is 1. The van der Waals surface area contributed by atoms with Gasteiger partial charge in [-0.05, 0) is 37.1 Å². The van der Waals surface area contributed by atoms with Gasteiger partial charge in [0.1, 0.15) is 24.3 Å². The van der Waals surface area contributed by atoms with Gasteiger partial charge in [0, 0.05) is 29.9 Å². The summed E-state index contributed by atoms with van der Waals surface area (Å²) in [6, 6.07) is 5.44. The zero-order valence-electron chi connectivity index (χ0n) is 16.9. The van der Waals surface area contributed by atoms with Crippen LogP contribution in [0.1, 0.15) is 24.8 Å². The molecule has 3 heterocycles. The molecule has 0 aliphatic carbocycles. The molecule has 1 N–H and O–H groups in total. The number of piperidine rings is 1. The van der Waals surface area contributed by atoms with Crippen molar-refractivity contribution < 1.29 is 23.0 Å². The molecule has 0 spiro atoms. The predicted molar refractivity (Wildman–Crippen MR) is 114 cm³/mol. The highest BCUT2D eigenvalue weighted by atomic mass is 35.5. The second kappa shape index (κ2) is 9.40. The van der Waals surface area contributed by atoms with Crippen molar-refractivity contribution in [1.82, 2.24) is 9.88 Å². The summed E-state index contributed by atoms with van der Waals surface area (Å²) in [6.45, 7) is 0.970. The lowest BCUT2D eigenvalue weighted by Gasteiger charge is -2.30. The maximum Gasteiger partial charge on any atom is 0.321 e. The normalized spacial score (nSPS) is 17.5. The summed E-state index contributed by atoms with van der Waals surface area (Å²) in [6.07, 6.45) is 3.70. The van der Waals surface area contributed by atoms with Crippen molar-refractivity contribution in [3.63, 3.8) is 0 Å². The molecule has 4 rings (SSSR count). The van der Waals surface area contributed by atoms with E-state index in [4.69, 9.17) is 26.3 Å². The number of nitrogens with zero attached hydrogens (tertiary/aromatic N) is 3. The van der Waals surface area contributed by atoms with E-state index in [2.05, 4.69) is 10.3 Å². The maximum atomic E-state index is 14.0. The molecule has 1 atom stereocenters. The lowest BCUT2D eigenvalue weighted by Crippen LogP contribution is -2.39. The minimum Gasteiger partial charge on any atom is -0.482 e. The van der Waals surface area contributed by atoms with Crippen molar-refractivity contribution >= 4 is 29.4 Å². The largest absolute Gasteiger partial charge is 0.482 e. The van der Waals surface area contributed by atoms with Gasteiger partial charge >= 0.3 is 6.03 Å². The van der Waals surface area contributed by atoms with Crippen LogP contribution in [-0.2, 0) is 0 Å². The van der Waals surface area contributed by atoms with Crippen LogP contribution in [0.25, 0.3) is 6.08 Å². The molecular weight excluding hydrogens is 442 g/mol. The second-order valence-electron chi connectivity index (χ2n) is 7.41. The van der Waals surface area contributed by atoms with Gasteiger partial charge in [0.25, 0.3) is 5.88 Å². The van der Waals surface area contributed by atoms with E-state index in [1.807, 2.05) is 6.07 Å². The molecule has 7 nitrogen and oxygen atoms in total. The van der Waals surface area contributed by atoms with Crippen LogP contribution in [0.4, 0.5) is 19.3 Å². The topological polar surface area (TPSA) is 87.5 Å². The second-order valence-corrected chi connectivity index (χ2v) is 7.85. The van der Waals surface area contributed by atoms with Crippen molar-refractivity contribution in [2.45, 2.75) is 25.4 Å². The summed E-state index contributed by atoms with van der Waals surface area (Å²) in [5.41, 5.74) is 1.13. The van der Waals surface area contributed by atoms with E-state index in [1.165, 1.54) is 12.3 Å². The van der Waals surface area contributed by atoms with Gasteiger partial charge in [0.15, 0.2) is 0 Å². The SMILES string of the molecule is N#CCC1COc2c(NC(=O)N3CCC(=Cc4c(F)cc(Cl)cc4F)CC3)ccnc2O1. The lowest BCUT2D eigenvalue weighted by molar-refractivity contribution is 0.0889. The van der Waals surface area contributed by atoms with Crippen molar-refractivity contribution in [3.05, 3.63) is 52.2 Å². The third kappa shape index (κ3) is 4.75. The number of likely N-dealkylation sites (tertiary alicyclic amines) is 1. The highest BCUT2D eigenvalue weighted by Crippen LogP contribution is 2.37. The van der Waals surface area contributed by atoms with Crippen molar-refractivity contribution in [2.75, 3.05) is 25.0 Å². The molecule has 1 aromatic heterocycles. The van der Waals surface area contributed by atoms with Crippen LogP contribution in [-0.4, -0.2) is 41.7 Å². The van der Waals surface area contributed by atoms with Gasteiger partial charge in [-0.1, -0.05) is 17.2 Å². The van der Waals surface area contributed by atoms with Crippen LogP contribution >= 0.6 is 11.6 Å². The Morgan fingerprint density at radius 1 is 1.34 bits per heavy atom. The lowest BCUT2D eigenvalue weighted by atomic mass is 10.0. The summed E-state index contributed by atoms with van der Waals surface area (Å²) in [4.78, 5) is 18.4. The van der Waals surface area contributed by atoms with Crippen molar-refractivity contribution in [3.8, 4) is 17.7 Å². The van der Waals surface area contributed by atoms with E-state index in [9.17, 15) is 13.6 Å². The number of rotatable bonds is 3. The first-order valence-electron chi connectivity index (χ1n) is 10.00. The fourth-order valence-corrected chi connectivity index (χ4v) is 3.74. The molecule has 1 fully saturated rings. The molecule has 1 saturated heterocycles. The highest BCUT2D eigenvalue weighted by molar-refractivity contribution is 6.30. The monoisotopic (exact) mass is 460 g/mol. The van der Waals surface area contributed by atoms with Gasteiger partial charge in [0.2, 0.25) is 5.75 Å². The Bertz CT molecular complexity index is 1090. The zero-order valence-corrected chi connectivity index (χ0v) is 17.7. The quantitative estimate of drug-likeness (QED) is 0.712. The number of fused-ring (bicyclic) bond motifs is 1. The number of ether oxygens (including phenoxy) is 2. The molecule has 2 aliphatic rings. The van der Waals surface area contributed by atoms with Gasteiger partial charge in [-0.25, -0.2) is 18.6 Å². The van der Waals surface area contributed by atoms with Gasteiger partial charge in [0.05, 0.1) is 18.2 Å². The standard InChI is InChI=1S/C22H19ClF2N4O3/c23-14-10-17(24)16(18(25)11-14)9-13-3-7-29(8-4-13)22(30)28-19-2-6-27-21-20(19)31-12-15(32-21)1-5-26/h2,6,9-11,15H,1,3-4,7-8,12H2,(H,27,28,30). The van der Waals surface area contributed by atoms with Crippen LogP contribution in [0.15, 0.2) is 30.0 Å². The van der Waals surface area contributed by atoms with Crippen LogP contribution < -0.4 is 14.8 Å². The summed E-state index contributed by atoms with van der Waals surface area (Å²) in [5, 5.41) is 11.6. The molecule has 166 valence electrons. The van der Waals surface area contributed by atoms with E-state index < -0.39 is 17.7 Å². The molecule has 0 saturated carbocycles. The van der Waals surface area contributed by atoms with Crippen LogP contribution in [0.2, 0.25) is 5.02 Å². The molecule has 0 bridgehead atoms. The van der Waals surface area contributed by atoms with E-state index in [1.54, 1.807) is 11.0 Å². The number of hydrogen-bond acceptors (Lipinski definition) is 5. The van der Waals surface area contributed by atoms with Crippen molar-refractivity contribution in [2.24, 2.45) is 0 Å². The fourth-order valence-electron chi connectivity index (χ4n) is 3.55. The molecule has 2 aromatic rings. The third-order valence-electron chi connectivity index (χ3n) is 5.21. The van der Waals surface area contributed by atoms with E-state index in [0.29, 0.717) is 37.4 Å². The van der Waals surface area contributed by atoms with Crippen molar-refractivity contribution in [1.29, 1.82) is 5.26 Å². The number of aromatic nitrogens is 1. The number of halogens is 3. The van der Waals surface area contributed by atoms with Crippen LogP contribution in [0.3, 0.4) is 0 Å². The Morgan fingerprint density at radius 2 is 2.06 bits per heavy atom. The van der Waals surface area contributed by atoms with E-state index in [-0.39, 0.29) is 35.5 Å². The Morgan fingerprint density at radius 3 is 2.75 bits per heavy atom. The molecule has 0 radical (unpaired) electrons. The number of nitrogens with one attached hydrogen (secondary N) is 1. The fraction of sp³-hybridized carbons (Fsp3) is 0.318. The first-order valence-corrected chi connectivity index (χ1v) is 10.4. The highest BCUT2D eigenvalue weighted by Gasteiger charge is 2.27. The summed E-state index contributed by atoms with van der Waals surface area (Å²) in [5.74, 6) is -0.889. The van der Waals surface area contributed by atoms with Crippen LogP contribution in [0, 0.1) is 23.0 Å². The van der Waals surface area contributed by atoms with Crippen LogP contribution in [0.5, 0.6) is 11.6 Å². The van der Waals surface area contributed by atoms with E-state index >= 15 is 0 Å². The Hall–Kier alpha value is -3.38. The molecular formula is C22H19ClF2N4O3. The minimum atomic E-state index is -0.718. The first-order chi connectivity index (χ1) is 15.4. The number of carbonyl (C=O) groups is 1.